The highest BCUT2D eigenvalue weighted by molar-refractivity contribution is 6.31. The number of hydrogen-bond acceptors (Lipinski definition) is 5. The van der Waals surface area contributed by atoms with Crippen molar-refractivity contribution in [2.75, 3.05) is 5.32 Å². The van der Waals surface area contributed by atoms with Crippen LogP contribution >= 0.6 is 11.6 Å². The highest BCUT2D eigenvalue weighted by Gasteiger charge is 2.29. The maximum absolute atomic E-state index is 13.5. The number of nitro benzene ring substituents is 1. The molecule has 0 saturated heterocycles. The molecule has 0 heterocycles. The van der Waals surface area contributed by atoms with Gasteiger partial charge in [0.05, 0.1) is 4.92 Å². The number of nitrogens with two attached hydrogens (primary N) is 1. The number of nitrogens with zero attached hydrogens (tertiary/aromatic N) is 2. The van der Waals surface area contributed by atoms with E-state index in [2.05, 4.69) is 5.32 Å². The van der Waals surface area contributed by atoms with Crippen molar-refractivity contribution in [1.29, 1.82) is 0 Å². The molecule has 1 aliphatic carbocycles. The van der Waals surface area contributed by atoms with Gasteiger partial charge in [-0.3, -0.25) is 19.7 Å². The van der Waals surface area contributed by atoms with E-state index in [0.29, 0.717) is 21.8 Å². The summed E-state index contributed by atoms with van der Waals surface area (Å²) in [5.74, 6) is -0.482. The van der Waals surface area contributed by atoms with Crippen LogP contribution in [0.25, 0.3) is 0 Å². The van der Waals surface area contributed by atoms with Gasteiger partial charge in [0.1, 0.15) is 0 Å². The van der Waals surface area contributed by atoms with Gasteiger partial charge in [-0.25, -0.2) is 0 Å². The van der Waals surface area contributed by atoms with Crippen LogP contribution < -0.4 is 11.1 Å². The lowest BCUT2D eigenvalue weighted by Gasteiger charge is -2.36. The van der Waals surface area contributed by atoms with Crippen LogP contribution in [0.4, 0.5) is 11.4 Å². The minimum atomic E-state index is -0.518. The molecule has 2 amide bonds. The van der Waals surface area contributed by atoms with Crippen molar-refractivity contribution in [3.8, 4) is 0 Å². The maximum Gasteiger partial charge on any atom is 0.269 e. The number of hydrogen-bond donors (Lipinski definition) is 2. The minimum Gasteiger partial charge on any atom is -0.331 e. The summed E-state index contributed by atoms with van der Waals surface area (Å²) in [4.78, 5) is 38.4. The van der Waals surface area contributed by atoms with Crippen LogP contribution in [0.5, 0.6) is 0 Å². The van der Waals surface area contributed by atoms with Gasteiger partial charge in [0, 0.05) is 52.6 Å². The quantitative estimate of drug-likeness (QED) is 0.328. The van der Waals surface area contributed by atoms with Crippen LogP contribution in [0.3, 0.4) is 0 Å². The van der Waals surface area contributed by atoms with E-state index in [-0.39, 0.29) is 35.8 Å². The number of benzene rings is 3. The smallest absolute Gasteiger partial charge is 0.269 e. The SMILES string of the molecule is NC1CCC(N(Cc2cc(NC(=O)c3ccc([N+](=O)[O-])cc3)ccc2Cl)C(=O)c2ccccc2)CC1. The zero-order valence-corrected chi connectivity index (χ0v) is 20.4. The van der Waals surface area contributed by atoms with E-state index in [0.717, 1.165) is 25.7 Å². The molecule has 1 saturated carbocycles. The first-order valence-corrected chi connectivity index (χ1v) is 12.2. The van der Waals surface area contributed by atoms with Crippen molar-refractivity contribution in [3.05, 3.63) is 105 Å². The maximum atomic E-state index is 13.5. The third-order valence-corrected chi connectivity index (χ3v) is 6.82. The van der Waals surface area contributed by atoms with Crippen molar-refractivity contribution < 1.29 is 14.5 Å². The Morgan fingerprint density at radius 1 is 0.972 bits per heavy atom. The van der Waals surface area contributed by atoms with Crippen LogP contribution in [0.2, 0.25) is 5.02 Å². The predicted molar refractivity (Wildman–Crippen MR) is 139 cm³/mol. The molecule has 1 aliphatic rings. The second-order valence-electron chi connectivity index (χ2n) is 8.93. The molecule has 36 heavy (non-hydrogen) atoms. The molecule has 3 aromatic carbocycles. The molecule has 186 valence electrons. The van der Waals surface area contributed by atoms with Crippen molar-refractivity contribution in [2.24, 2.45) is 5.73 Å². The fourth-order valence-electron chi connectivity index (χ4n) is 4.42. The number of halogens is 1. The Hall–Kier alpha value is -3.75. The third-order valence-electron chi connectivity index (χ3n) is 6.45. The number of carbonyl (C=O) groups excluding carboxylic acids is 2. The largest absolute Gasteiger partial charge is 0.331 e. The van der Waals surface area contributed by atoms with E-state index < -0.39 is 10.8 Å². The Bertz CT molecular complexity index is 1240. The first kappa shape index (κ1) is 25.3. The van der Waals surface area contributed by atoms with Crippen LogP contribution in [0.15, 0.2) is 72.8 Å². The predicted octanol–water partition coefficient (Wildman–Crippen LogP) is 5.41. The monoisotopic (exact) mass is 506 g/mol. The summed E-state index contributed by atoms with van der Waals surface area (Å²) < 4.78 is 0. The number of rotatable bonds is 7. The van der Waals surface area contributed by atoms with Crippen molar-refractivity contribution in [3.63, 3.8) is 0 Å². The van der Waals surface area contributed by atoms with Crippen molar-refractivity contribution in [2.45, 2.75) is 44.3 Å². The molecule has 0 aliphatic heterocycles. The second-order valence-corrected chi connectivity index (χ2v) is 9.34. The lowest BCUT2D eigenvalue weighted by molar-refractivity contribution is -0.384. The van der Waals surface area contributed by atoms with Gasteiger partial charge in [-0.05, 0) is 73.7 Å². The molecule has 3 N–H and O–H groups in total. The van der Waals surface area contributed by atoms with Crippen molar-refractivity contribution >= 4 is 34.8 Å². The van der Waals surface area contributed by atoms with Crippen molar-refractivity contribution in [1.82, 2.24) is 4.90 Å². The third kappa shape index (κ3) is 6.08. The Labute approximate surface area is 214 Å². The minimum absolute atomic E-state index is 0.0342. The van der Waals surface area contributed by atoms with E-state index in [1.54, 1.807) is 30.3 Å². The molecule has 0 bridgehead atoms. The molecule has 8 nitrogen and oxygen atoms in total. The van der Waals surface area contributed by atoms with Gasteiger partial charge in [-0.15, -0.1) is 0 Å². The van der Waals surface area contributed by atoms with Gasteiger partial charge in [-0.2, -0.15) is 0 Å². The fourth-order valence-corrected chi connectivity index (χ4v) is 4.60. The van der Waals surface area contributed by atoms with E-state index >= 15 is 0 Å². The summed E-state index contributed by atoms with van der Waals surface area (Å²) in [6.07, 6.45) is 3.33. The van der Waals surface area contributed by atoms with Crippen LogP contribution in [-0.4, -0.2) is 33.7 Å². The molecular weight excluding hydrogens is 480 g/mol. The lowest BCUT2D eigenvalue weighted by Crippen LogP contribution is -2.43. The van der Waals surface area contributed by atoms with Gasteiger partial charge in [0.2, 0.25) is 0 Å². The molecule has 9 heteroatoms. The topological polar surface area (TPSA) is 119 Å². The fraction of sp³-hybridized carbons (Fsp3) is 0.259. The molecule has 0 spiro atoms. The Balaban J connectivity index is 1.55. The molecule has 0 unspecified atom stereocenters. The Morgan fingerprint density at radius 2 is 1.64 bits per heavy atom. The standard InChI is InChI=1S/C27H27ClN4O4/c28-25-15-10-22(30-26(33)18-6-11-24(12-7-18)32(35)36)16-20(25)17-31(23-13-8-21(29)9-14-23)27(34)19-4-2-1-3-5-19/h1-7,10-12,15-16,21,23H,8-9,13-14,17,29H2,(H,30,33). The molecule has 0 atom stereocenters. The van der Waals surface area contributed by atoms with Gasteiger partial charge in [-0.1, -0.05) is 29.8 Å². The van der Waals surface area contributed by atoms with Gasteiger partial charge >= 0.3 is 0 Å². The summed E-state index contributed by atoms with van der Waals surface area (Å²) >= 11 is 6.52. The molecule has 0 aromatic heterocycles. The summed E-state index contributed by atoms with van der Waals surface area (Å²) in [5, 5.41) is 14.2. The Morgan fingerprint density at radius 3 is 2.28 bits per heavy atom. The summed E-state index contributed by atoms with van der Waals surface area (Å²) in [6.45, 7) is 0.285. The second kappa shape index (κ2) is 11.3. The highest BCUT2D eigenvalue weighted by Crippen LogP contribution is 2.29. The van der Waals surface area contributed by atoms with Gasteiger partial charge < -0.3 is 16.0 Å². The zero-order chi connectivity index (χ0) is 25.7. The van der Waals surface area contributed by atoms with E-state index in [9.17, 15) is 19.7 Å². The molecule has 4 rings (SSSR count). The number of anilines is 1. The number of non-ortho nitro benzene ring substituents is 1. The van der Waals surface area contributed by atoms with Gasteiger partial charge in [0.15, 0.2) is 0 Å². The van der Waals surface area contributed by atoms with E-state index in [1.165, 1.54) is 24.3 Å². The highest BCUT2D eigenvalue weighted by atomic mass is 35.5. The Kier molecular flexibility index (Phi) is 7.97. The first-order chi connectivity index (χ1) is 17.3. The zero-order valence-electron chi connectivity index (χ0n) is 19.6. The van der Waals surface area contributed by atoms with Crippen LogP contribution in [0, 0.1) is 10.1 Å². The number of nitro groups is 1. The number of amides is 2. The molecular formula is C27H27ClN4O4. The molecule has 0 radical (unpaired) electrons. The van der Waals surface area contributed by atoms with Crippen LogP contribution in [0.1, 0.15) is 52.0 Å². The molecule has 3 aromatic rings. The average Bonchev–Trinajstić information content (AvgIpc) is 2.89. The van der Waals surface area contributed by atoms with E-state index in [1.807, 2.05) is 23.1 Å². The molecule has 1 fully saturated rings. The number of carbonyl (C=O) groups is 2. The summed E-state index contributed by atoms with van der Waals surface area (Å²) in [6, 6.07) is 19.8. The summed E-state index contributed by atoms with van der Waals surface area (Å²) in [5.41, 5.74) is 8.12. The lowest BCUT2D eigenvalue weighted by atomic mass is 9.90. The van der Waals surface area contributed by atoms with Crippen LogP contribution in [-0.2, 0) is 6.54 Å². The average molecular weight is 507 g/mol. The normalized spacial score (nSPS) is 17.3. The number of nitrogens with one attached hydrogen (secondary N) is 1. The van der Waals surface area contributed by atoms with E-state index in [4.69, 9.17) is 17.3 Å². The summed E-state index contributed by atoms with van der Waals surface area (Å²) in [7, 11) is 0. The van der Waals surface area contributed by atoms with Gasteiger partial charge in [0.25, 0.3) is 17.5 Å². The first-order valence-electron chi connectivity index (χ1n) is 11.8.